The second kappa shape index (κ2) is 3.25. The smallest absolute Gasteiger partial charge is 0.159 e. The minimum Gasteiger partial charge on any atom is -0.295 e. The van der Waals surface area contributed by atoms with Crippen LogP contribution in [-0.4, -0.2) is 15.6 Å². The Labute approximate surface area is 82.3 Å². The van der Waals surface area contributed by atoms with Gasteiger partial charge in [0.15, 0.2) is 5.78 Å². The number of carbonyl (C=O) groups excluding carboxylic acids is 1. The van der Waals surface area contributed by atoms with E-state index in [4.69, 9.17) is 0 Å². The second-order valence-corrected chi connectivity index (χ2v) is 3.31. The molecule has 0 aliphatic heterocycles. The van der Waals surface area contributed by atoms with Crippen molar-refractivity contribution in [2.45, 2.75) is 20.4 Å². The molecule has 2 aromatic rings. The molecule has 0 atom stereocenters. The molecular formula is C11H12N2O. The van der Waals surface area contributed by atoms with Gasteiger partial charge in [0.2, 0.25) is 0 Å². The molecule has 3 heteroatoms. The van der Waals surface area contributed by atoms with Gasteiger partial charge >= 0.3 is 0 Å². The molecule has 0 aliphatic carbocycles. The first-order chi connectivity index (χ1) is 6.70. The van der Waals surface area contributed by atoms with Crippen molar-refractivity contribution in [2.24, 2.45) is 0 Å². The minimum absolute atomic E-state index is 0.0937. The first-order valence-electron chi connectivity index (χ1n) is 4.69. The van der Waals surface area contributed by atoms with Gasteiger partial charge in [0.05, 0.1) is 5.52 Å². The average Bonchev–Trinajstić information content (AvgIpc) is 2.58. The van der Waals surface area contributed by atoms with Crippen molar-refractivity contribution in [3.63, 3.8) is 0 Å². The molecule has 0 saturated heterocycles. The summed E-state index contributed by atoms with van der Waals surface area (Å²) < 4.78 is 1.87. The minimum atomic E-state index is 0.0937. The van der Waals surface area contributed by atoms with Crippen LogP contribution in [0.3, 0.4) is 0 Å². The van der Waals surface area contributed by atoms with Crippen LogP contribution in [0.2, 0.25) is 0 Å². The van der Waals surface area contributed by atoms with E-state index in [1.807, 2.05) is 36.0 Å². The molecule has 0 N–H and O–H groups in total. The highest BCUT2D eigenvalue weighted by molar-refractivity contribution is 5.97. The normalized spacial score (nSPS) is 10.7. The van der Waals surface area contributed by atoms with Crippen LogP contribution in [0.4, 0.5) is 0 Å². The van der Waals surface area contributed by atoms with E-state index in [0.717, 1.165) is 23.0 Å². The Balaban J connectivity index is 2.59. The molecule has 1 aromatic carbocycles. The number of fused-ring (bicyclic) bond motifs is 1. The van der Waals surface area contributed by atoms with Crippen molar-refractivity contribution in [1.82, 2.24) is 9.78 Å². The molecule has 0 amide bonds. The van der Waals surface area contributed by atoms with Crippen LogP contribution in [0.25, 0.3) is 10.9 Å². The SMILES string of the molecule is CCn1cc2cc(C(C)=O)ccc2n1. The molecule has 14 heavy (non-hydrogen) atoms. The highest BCUT2D eigenvalue weighted by Crippen LogP contribution is 2.14. The largest absolute Gasteiger partial charge is 0.295 e. The number of aromatic nitrogens is 2. The van der Waals surface area contributed by atoms with Crippen molar-refractivity contribution < 1.29 is 4.79 Å². The molecule has 0 radical (unpaired) electrons. The molecule has 0 saturated carbocycles. The number of Topliss-reactive ketones (excluding diaryl/α,β-unsaturated/α-hetero) is 1. The average molecular weight is 188 g/mol. The molecule has 72 valence electrons. The van der Waals surface area contributed by atoms with Gasteiger partial charge in [-0.1, -0.05) is 0 Å². The maximum absolute atomic E-state index is 11.1. The molecule has 0 spiro atoms. The molecular weight excluding hydrogens is 176 g/mol. The van der Waals surface area contributed by atoms with Gasteiger partial charge in [-0.25, -0.2) is 0 Å². The molecule has 1 aromatic heterocycles. The van der Waals surface area contributed by atoms with Crippen LogP contribution in [0.5, 0.6) is 0 Å². The van der Waals surface area contributed by atoms with Gasteiger partial charge in [-0.2, -0.15) is 5.10 Å². The van der Waals surface area contributed by atoms with Gasteiger partial charge in [0.1, 0.15) is 0 Å². The van der Waals surface area contributed by atoms with Gasteiger partial charge in [0.25, 0.3) is 0 Å². The zero-order valence-corrected chi connectivity index (χ0v) is 8.32. The summed E-state index contributed by atoms with van der Waals surface area (Å²) in [4.78, 5) is 11.1. The molecule has 3 nitrogen and oxygen atoms in total. The Hall–Kier alpha value is -1.64. The number of rotatable bonds is 2. The lowest BCUT2D eigenvalue weighted by Crippen LogP contribution is -1.92. The Morgan fingerprint density at radius 2 is 2.29 bits per heavy atom. The standard InChI is InChI=1S/C11H12N2O/c1-3-13-7-10-6-9(8(2)14)4-5-11(10)12-13/h4-7H,3H2,1-2H3. The Bertz CT molecular complexity index is 485. The fourth-order valence-corrected chi connectivity index (χ4v) is 1.46. The lowest BCUT2D eigenvalue weighted by atomic mass is 10.1. The Morgan fingerprint density at radius 1 is 1.50 bits per heavy atom. The zero-order chi connectivity index (χ0) is 10.1. The summed E-state index contributed by atoms with van der Waals surface area (Å²) in [6.45, 7) is 4.47. The summed E-state index contributed by atoms with van der Waals surface area (Å²) in [5.74, 6) is 0.0937. The topological polar surface area (TPSA) is 34.9 Å². The molecule has 0 fully saturated rings. The van der Waals surface area contributed by atoms with Crippen molar-refractivity contribution in [3.8, 4) is 0 Å². The van der Waals surface area contributed by atoms with Crippen molar-refractivity contribution in [2.75, 3.05) is 0 Å². The first-order valence-corrected chi connectivity index (χ1v) is 4.69. The van der Waals surface area contributed by atoms with Crippen LogP contribution >= 0.6 is 0 Å². The van der Waals surface area contributed by atoms with Crippen LogP contribution in [0.15, 0.2) is 24.4 Å². The van der Waals surface area contributed by atoms with Gasteiger partial charge in [-0.3, -0.25) is 9.48 Å². The lowest BCUT2D eigenvalue weighted by molar-refractivity contribution is 0.101. The summed E-state index contributed by atoms with van der Waals surface area (Å²) in [5.41, 5.74) is 1.69. The van der Waals surface area contributed by atoms with E-state index in [9.17, 15) is 4.79 Å². The maximum Gasteiger partial charge on any atom is 0.159 e. The van der Waals surface area contributed by atoms with Crippen LogP contribution < -0.4 is 0 Å². The maximum atomic E-state index is 11.1. The number of hydrogen-bond donors (Lipinski definition) is 0. The van der Waals surface area contributed by atoms with E-state index in [2.05, 4.69) is 5.10 Å². The van der Waals surface area contributed by atoms with Crippen LogP contribution in [-0.2, 0) is 6.54 Å². The van der Waals surface area contributed by atoms with E-state index in [0.29, 0.717) is 0 Å². The number of hydrogen-bond acceptors (Lipinski definition) is 2. The lowest BCUT2D eigenvalue weighted by Gasteiger charge is -1.93. The quantitative estimate of drug-likeness (QED) is 0.677. The van der Waals surface area contributed by atoms with E-state index in [1.54, 1.807) is 6.92 Å². The number of carbonyl (C=O) groups is 1. The van der Waals surface area contributed by atoms with E-state index >= 15 is 0 Å². The van der Waals surface area contributed by atoms with Gasteiger partial charge in [-0.05, 0) is 32.0 Å². The van der Waals surface area contributed by atoms with Crippen molar-refractivity contribution in [1.29, 1.82) is 0 Å². The predicted octanol–water partition coefficient (Wildman–Crippen LogP) is 2.26. The Kier molecular flexibility index (Phi) is 2.08. The highest BCUT2D eigenvalue weighted by atomic mass is 16.1. The summed E-state index contributed by atoms with van der Waals surface area (Å²) in [5, 5.41) is 5.36. The molecule has 0 aliphatic rings. The second-order valence-electron chi connectivity index (χ2n) is 3.31. The highest BCUT2D eigenvalue weighted by Gasteiger charge is 2.03. The van der Waals surface area contributed by atoms with Crippen molar-refractivity contribution >= 4 is 16.7 Å². The first kappa shape index (κ1) is 8.94. The third kappa shape index (κ3) is 1.41. The van der Waals surface area contributed by atoms with Crippen LogP contribution in [0, 0.1) is 0 Å². The third-order valence-electron chi connectivity index (χ3n) is 2.28. The Morgan fingerprint density at radius 3 is 2.93 bits per heavy atom. The summed E-state index contributed by atoms with van der Waals surface area (Å²) >= 11 is 0. The number of benzene rings is 1. The van der Waals surface area contributed by atoms with E-state index < -0.39 is 0 Å². The number of ketones is 1. The number of aryl methyl sites for hydroxylation is 1. The van der Waals surface area contributed by atoms with Gasteiger partial charge in [0, 0.05) is 23.7 Å². The summed E-state index contributed by atoms with van der Waals surface area (Å²) in [7, 11) is 0. The van der Waals surface area contributed by atoms with E-state index in [1.165, 1.54) is 0 Å². The van der Waals surface area contributed by atoms with Crippen LogP contribution in [0.1, 0.15) is 24.2 Å². The van der Waals surface area contributed by atoms with Gasteiger partial charge < -0.3 is 0 Å². The fourth-order valence-electron chi connectivity index (χ4n) is 1.46. The zero-order valence-electron chi connectivity index (χ0n) is 8.32. The number of nitrogens with zero attached hydrogens (tertiary/aromatic N) is 2. The summed E-state index contributed by atoms with van der Waals surface area (Å²) in [6.07, 6.45) is 1.96. The molecule has 1 heterocycles. The molecule has 2 rings (SSSR count). The predicted molar refractivity (Wildman–Crippen MR) is 55.4 cm³/mol. The molecule has 0 bridgehead atoms. The van der Waals surface area contributed by atoms with Crippen molar-refractivity contribution in [3.05, 3.63) is 30.0 Å². The van der Waals surface area contributed by atoms with Gasteiger partial charge in [-0.15, -0.1) is 0 Å². The van der Waals surface area contributed by atoms with E-state index in [-0.39, 0.29) is 5.78 Å². The third-order valence-corrected chi connectivity index (χ3v) is 2.28. The fraction of sp³-hybridized carbons (Fsp3) is 0.273. The monoisotopic (exact) mass is 188 g/mol. The molecule has 0 unspecified atom stereocenters. The summed E-state index contributed by atoms with van der Waals surface area (Å²) in [6, 6.07) is 5.59.